The third-order valence-electron chi connectivity index (χ3n) is 15.3. The number of pyridine rings is 1. The Kier molecular flexibility index (Phi) is 15.5. The van der Waals surface area contributed by atoms with E-state index < -0.39 is 35.4 Å². The fourth-order valence-electron chi connectivity index (χ4n) is 11.7. The molecule has 17 nitrogen and oxygen atoms in total. The number of benzene rings is 1. The molecule has 71 heavy (non-hydrogen) atoms. The van der Waals surface area contributed by atoms with E-state index in [-0.39, 0.29) is 48.4 Å². The van der Waals surface area contributed by atoms with Gasteiger partial charge in [0.1, 0.15) is 18.1 Å². The SMILES string of the molecule is C=CC(=O)N1CCN(C)CC2(C1)CN(C(=O)N(C)[C@H](C(=O)N[C@H]1CN3CCC=C(C3)c3ccc4c(c3)c(c(-c3cccnc3[C@H](C)OC)n4CC)CC(C)(C)COC(=O)[C@@H]3CCCN(N3)C1=O)C(C)C)C2. The van der Waals surface area contributed by atoms with Gasteiger partial charge < -0.3 is 39.0 Å². The van der Waals surface area contributed by atoms with Crippen LogP contribution in [0.1, 0.15) is 83.7 Å². The maximum atomic E-state index is 14.9. The van der Waals surface area contributed by atoms with Crippen molar-refractivity contribution < 1.29 is 33.4 Å². The average molecular weight is 977 g/mol. The highest BCUT2D eigenvalue weighted by Crippen LogP contribution is 2.42. The number of likely N-dealkylation sites (tertiary alicyclic amines) is 1. The summed E-state index contributed by atoms with van der Waals surface area (Å²) in [4.78, 5) is 84.9. The first-order valence-electron chi connectivity index (χ1n) is 25.6. The lowest BCUT2D eigenvalue weighted by molar-refractivity contribution is -0.155. The van der Waals surface area contributed by atoms with Gasteiger partial charge in [0.2, 0.25) is 11.8 Å². The number of likely N-dealkylation sites (N-methyl/N-ethyl adjacent to an activating group) is 2. The zero-order valence-electron chi connectivity index (χ0n) is 43.5. The van der Waals surface area contributed by atoms with Crippen molar-refractivity contribution in [1.82, 2.24) is 49.8 Å². The van der Waals surface area contributed by atoms with Gasteiger partial charge in [-0.3, -0.25) is 34.1 Å². The highest BCUT2D eigenvalue weighted by Gasteiger charge is 2.50. The van der Waals surface area contributed by atoms with E-state index in [1.807, 2.05) is 38.8 Å². The van der Waals surface area contributed by atoms with Crippen LogP contribution in [0.4, 0.5) is 4.79 Å². The Balaban J connectivity index is 1.10. The molecule has 1 unspecified atom stereocenters. The van der Waals surface area contributed by atoms with Crippen LogP contribution in [0.5, 0.6) is 0 Å². The molecule has 2 N–H and O–H groups in total. The van der Waals surface area contributed by atoms with E-state index in [1.54, 1.807) is 25.3 Å². The maximum Gasteiger partial charge on any atom is 0.324 e. The van der Waals surface area contributed by atoms with Crippen LogP contribution in [0, 0.1) is 16.7 Å². The number of aromatic nitrogens is 2. The fraction of sp³-hybridized carbons (Fsp3) is 0.593. The van der Waals surface area contributed by atoms with Crippen LogP contribution in [0.15, 0.2) is 55.3 Å². The molecular formula is C54H76N10O7. The van der Waals surface area contributed by atoms with Gasteiger partial charge in [-0.2, -0.15) is 0 Å². The minimum absolute atomic E-state index is 0.121. The number of carbonyl (C=O) groups excluding carboxylic acids is 5. The first kappa shape index (κ1) is 51.7. The number of esters is 1. The Morgan fingerprint density at radius 2 is 1.82 bits per heavy atom. The summed E-state index contributed by atoms with van der Waals surface area (Å²) in [6.07, 6.45) is 7.57. The number of carbonyl (C=O) groups is 5. The number of methoxy groups -OCH3 is 1. The Morgan fingerprint density at radius 1 is 1.06 bits per heavy atom. The van der Waals surface area contributed by atoms with Crippen molar-refractivity contribution in [3.8, 4) is 11.3 Å². The number of amides is 5. The second-order valence-electron chi connectivity index (χ2n) is 21.8. The first-order chi connectivity index (χ1) is 33.9. The standard InChI is InChI=1S/C54H76N10O7/c1-11-45(65)61-25-24-58(8)30-54(31-61)32-62(33-54)52(69)59(9)47(35(3)4)49(66)56-43-29-60-22-14-16-38(28-60)37-19-20-44-40(26-37)41(48(63(44)12-2)39-17-13-21-55-46(39)36(5)70-10)27-53(6,7)34-71-51(68)42-18-15-23-64(57-42)50(43)67/h11,13,16-17,19-21,26,35-36,42-43,47,57H,1,12,14-15,18,22-25,27-34H2,2-10H3,(H,56,66)/t36-,42-,43-,47-/m0/s1. The molecule has 3 fully saturated rings. The predicted molar refractivity (Wildman–Crippen MR) is 274 cm³/mol. The van der Waals surface area contributed by atoms with Crippen molar-refractivity contribution in [2.45, 2.75) is 98.0 Å². The van der Waals surface area contributed by atoms with E-state index >= 15 is 0 Å². The van der Waals surface area contributed by atoms with Crippen LogP contribution in [0.3, 0.4) is 0 Å². The minimum atomic E-state index is -1.01. The third-order valence-corrected chi connectivity index (χ3v) is 15.3. The summed E-state index contributed by atoms with van der Waals surface area (Å²) < 4.78 is 14.4. The summed E-state index contributed by atoms with van der Waals surface area (Å²) in [6.45, 7) is 22.0. The Hall–Kier alpha value is -5.62. The molecular weight excluding hydrogens is 901 g/mol. The Bertz CT molecular complexity index is 2550. The largest absolute Gasteiger partial charge is 0.464 e. The molecule has 1 spiro atoms. The number of nitrogens with one attached hydrogen (secondary N) is 2. The van der Waals surface area contributed by atoms with E-state index in [0.29, 0.717) is 71.6 Å². The van der Waals surface area contributed by atoms with Crippen LogP contribution in [0.2, 0.25) is 0 Å². The quantitative estimate of drug-likeness (QED) is 0.220. The second-order valence-corrected chi connectivity index (χ2v) is 21.8. The molecule has 17 heteroatoms. The predicted octanol–water partition coefficient (Wildman–Crippen LogP) is 4.96. The van der Waals surface area contributed by atoms with Crippen LogP contribution >= 0.6 is 0 Å². The summed E-state index contributed by atoms with van der Waals surface area (Å²) in [5, 5.41) is 5.72. The van der Waals surface area contributed by atoms with Crippen LogP contribution < -0.4 is 10.7 Å². The molecule has 5 aliphatic rings. The summed E-state index contributed by atoms with van der Waals surface area (Å²) in [6, 6.07) is 7.80. The van der Waals surface area contributed by atoms with E-state index in [2.05, 4.69) is 82.8 Å². The Morgan fingerprint density at radius 3 is 2.54 bits per heavy atom. The zero-order valence-corrected chi connectivity index (χ0v) is 43.5. The topological polar surface area (TPSA) is 165 Å². The summed E-state index contributed by atoms with van der Waals surface area (Å²) in [5.74, 6) is -1.65. The van der Waals surface area contributed by atoms with Crippen molar-refractivity contribution in [3.05, 3.63) is 72.1 Å². The van der Waals surface area contributed by atoms with Gasteiger partial charge in [0.15, 0.2) is 0 Å². The van der Waals surface area contributed by atoms with Crippen LogP contribution in [0.25, 0.3) is 27.7 Å². The molecule has 7 heterocycles. The number of aryl methyl sites for hydroxylation is 1. The number of fused-ring (bicyclic) bond motifs is 6. The van der Waals surface area contributed by atoms with Crippen LogP contribution in [-0.4, -0.2) is 180 Å². The second kappa shape index (κ2) is 21.2. The number of cyclic esters (lactones) is 1. The van der Waals surface area contributed by atoms with Gasteiger partial charge in [0.05, 0.1) is 24.1 Å². The molecule has 6 bridgehead atoms. The molecule has 5 atom stereocenters. The zero-order chi connectivity index (χ0) is 50.9. The van der Waals surface area contributed by atoms with Gasteiger partial charge in [-0.1, -0.05) is 46.4 Å². The smallest absolute Gasteiger partial charge is 0.324 e. The lowest BCUT2D eigenvalue weighted by atomic mass is 9.79. The van der Waals surface area contributed by atoms with E-state index in [4.69, 9.17) is 14.5 Å². The molecule has 1 aromatic carbocycles. The number of urea groups is 1. The minimum Gasteiger partial charge on any atom is -0.464 e. The van der Waals surface area contributed by atoms with Gasteiger partial charge in [-0.15, -0.1) is 0 Å². The van der Waals surface area contributed by atoms with Gasteiger partial charge in [0, 0.05) is 120 Å². The Labute approximate surface area is 419 Å². The van der Waals surface area contributed by atoms with Crippen LogP contribution in [-0.2, 0) is 41.6 Å². The van der Waals surface area contributed by atoms with E-state index in [1.165, 1.54) is 16.0 Å². The number of hydrogen-bond donors (Lipinski definition) is 2. The van der Waals surface area contributed by atoms with Crippen molar-refractivity contribution in [2.75, 3.05) is 93.3 Å². The van der Waals surface area contributed by atoms with E-state index in [0.717, 1.165) is 64.1 Å². The monoisotopic (exact) mass is 977 g/mol. The summed E-state index contributed by atoms with van der Waals surface area (Å²) >= 11 is 0. The number of nitrogens with zero attached hydrogens (tertiary/aromatic N) is 8. The van der Waals surface area contributed by atoms with Gasteiger partial charge in [0.25, 0.3) is 5.91 Å². The molecule has 3 aromatic rings. The number of hydrazine groups is 1. The molecule has 0 saturated carbocycles. The molecule has 3 saturated heterocycles. The lowest BCUT2D eigenvalue weighted by Gasteiger charge is -2.53. The molecule has 5 amide bonds. The van der Waals surface area contributed by atoms with Gasteiger partial charge >= 0.3 is 12.0 Å². The third kappa shape index (κ3) is 10.8. The molecule has 5 aliphatic heterocycles. The summed E-state index contributed by atoms with van der Waals surface area (Å²) in [5.41, 5.74) is 9.78. The average Bonchev–Trinajstić information content (AvgIpc) is 3.52. The van der Waals surface area contributed by atoms with Gasteiger partial charge in [-0.05, 0) is 99.5 Å². The maximum absolute atomic E-state index is 14.9. The van der Waals surface area contributed by atoms with E-state index in [9.17, 15) is 24.0 Å². The first-order valence-corrected chi connectivity index (χ1v) is 25.6. The molecule has 384 valence electrons. The lowest BCUT2D eigenvalue weighted by Crippen LogP contribution is -2.68. The molecule has 8 rings (SSSR count). The number of ether oxygens (including phenoxy) is 2. The molecule has 0 aliphatic carbocycles. The number of hydrogen-bond acceptors (Lipinski definition) is 11. The van der Waals surface area contributed by atoms with Crippen molar-refractivity contribution >= 4 is 46.2 Å². The number of rotatable bonds is 9. The fourth-order valence-corrected chi connectivity index (χ4v) is 11.7. The molecule has 2 aromatic heterocycles. The van der Waals surface area contributed by atoms with Crippen molar-refractivity contribution in [2.24, 2.45) is 16.7 Å². The van der Waals surface area contributed by atoms with Crippen molar-refractivity contribution in [3.63, 3.8) is 0 Å². The van der Waals surface area contributed by atoms with Crippen molar-refractivity contribution in [1.29, 1.82) is 0 Å². The molecule has 0 radical (unpaired) electrons. The normalized spacial score (nSPS) is 23.8. The highest BCUT2D eigenvalue weighted by atomic mass is 16.5. The highest BCUT2D eigenvalue weighted by molar-refractivity contribution is 5.95. The summed E-state index contributed by atoms with van der Waals surface area (Å²) in [7, 11) is 5.38. The van der Waals surface area contributed by atoms with Gasteiger partial charge in [-0.25, -0.2) is 10.2 Å².